The Labute approximate surface area is 92.3 Å². The van der Waals surface area contributed by atoms with Crippen molar-refractivity contribution in [3.63, 3.8) is 0 Å². The zero-order valence-electron chi connectivity index (χ0n) is 9.16. The summed E-state index contributed by atoms with van der Waals surface area (Å²) >= 11 is 5.65. The van der Waals surface area contributed by atoms with E-state index in [2.05, 4.69) is 18.7 Å². The van der Waals surface area contributed by atoms with Crippen molar-refractivity contribution in [1.29, 1.82) is 0 Å². The van der Waals surface area contributed by atoms with Gasteiger partial charge in [0.05, 0.1) is 5.75 Å². The summed E-state index contributed by atoms with van der Waals surface area (Å²) < 4.78 is 21.8. The quantitative estimate of drug-likeness (QED) is 0.632. The van der Waals surface area contributed by atoms with E-state index in [-0.39, 0.29) is 5.75 Å². The number of hydrogen-bond acceptors (Lipinski definition) is 3. The van der Waals surface area contributed by atoms with Crippen molar-refractivity contribution >= 4 is 21.4 Å². The molecule has 0 unspecified atom stereocenters. The summed E-state index contributed by atoms with van der Waals surface area (Å²) in [5.74, 6) is 0.857. The fourth-order valence-corrected chi connectivity index (χ4v) is 2.14. The molecular weight excluding hydrogens is 222 g/mol. The molecule has 0 bridgehead atoms. The van der Waals surface area contributed by atoms with E-state index < -0.39 is 9.84 Å². The summed E-state index contributed by atoms with van der Waals surface area (Å²) in [6.07, 6.45) is 1.96. The van der Waals surface area contributed by atoms with Crippen molar-refractivity contribution in [2.24, 2.45) is 0 Å². The molecule has 0 rings (SSSR count). The van der Waals surface area contributed by atoms with Gasteiger partial charge in [-0.05, 0) is 26.8 Å². The van der Waals surface area contributed by atoms with E-state index in [1.165, 1.54) is 6.26 Å². The summed E-state index contributed by atoms with van der Waals surface area (Å²) in [5, 5.41) is 0. The topological polar surface area (TPSA) is 37.4 Å². The zero-order valence-corrected chi connectivity index (χ0v) is 10.7. The van der Waals surface area contributed by atoms with Crippen LogP contribution in [0.15, 0.2) is 0 Å². The van der Waals surface area contributed by atoms with Crippen LogP contribution < -0.4 is 0 Å². The Hall–Kier alpha value is 0.200. The van der Waals surface area contributed by atoms with Crippen molar-refractivity contribution in [3.05, 3.63) is 0 Å². The summed E-state index contributed by atoms with van der Waals surface area (Å²) in [5.41, 5.74) is 0. The van der Waals surface area contributed by atoms with Gasteiger partial charge in [0.1, 0.15) is 9.84 Å². The van der Waals surface area contributed by atoms with Crippen LogP contribution in [0.2, 0.25) is 0 Å². The summed E-state index contributed by atoms with van der Waals surface area (Å²) in [6.45, 7) is 5.81. The van der Waals surface area contributed by atoms with Crippen LogP contribution in [0.25, 0.3) is 0 Å². The molecule has 0 aliphatic heterocycles. The van der Waals surface area contributed by atoms with Crippen LogP contribution in [0.5, 0.6) is 0 Å². The van der Waals surface area contributed by atoms with Gasteiger partial charge in [-0.3, -0.25) is 4.90 Å². The van der Waals surface area contributed by atoms with Gasteiger partial charge in [0.2, 0.25) is 0 Å². The Bertz CT molecular complexity index is 239. The molecule has 5 heteroatoms. The molecule has 0 heterocycles. The van der Waals surface area contributed by atoms with E-state index in [0.29, 0.717) is 18.3 Å². The normalized spacial score (nSPS) is 12.7. The molecule has 0 saturated heterocycles. The van der Waals surface area contributed by atoms with Gasteiger partial charge >= 0.3 is 0 Å². The van der Waals surface area contributed by atoms with Gasteiger partial charge in [-0.2, -0.15) is 0 Å². The van der Waals surface area contributed by atoms with Gasteiger partial charge in [-0.1, -0.05) is 0 Å². The highest BCUT2D eigenvalue weighted by molar-refractivity contribution is 7.90. The second-order valence-electron chi connectivity index (χ2n) is 3.80. The Kier molecular flexibility index (Phi) is 6.74. The molecule has 0 radical (unpaired) electrons. The standard InChI is InChI=1S/C9H20ClNO2S/c1-9(2)11(7-5-10)6-4-8-14(3,12)13/h9H,4-8H2,1-3H3. The Morgan fingerprint density at radius 1 is 1.29 bits per heavy atom. The monoisotopic (exact) mass is 241 g/mol. The van der Waals surface area contributed by atoms with Gasteiger partial charge in [-0.25, -0.2) is 8.42 Å². The molecule has 0 aliphatic rings. The fourth-order valence-electron chi connectivity index (χ4n) is 1.27. The molecule has 0 N–H and O–H groups in total. The average molecular weight is 242 g/mol. The maximum Gasteiger partial charge on any atom is 0.147 e. The third-order valence-electron chi connectivity index (χ3n) is 2.06. The molecule has 0 aromatic heterocycles. The van der Waals surface area contributed by atoms with Crippen molar-refractivity contribution < 1.29 is 8.42 Å². The average Bonchev–Trinajstić information content (AvgIpc) is 2.00. The van der Waals surface area contributed by atoms with E-state index in [1.54, 1.807) is 0 Å². The van der Waals surface area contributed by atoms with Crippen molar-refractivity contribution in [2.45, 2.75) is 26.3 Å². The van der Waals surface area contributed by atoms with Gasteiger partial charge in [-0.15, -0.1) is 11.6 Å². The van der Waals surface area contributed by atoms with Gasteiger partial charge in [0.25, 0.3) is 0 Å². The minimum Gasteiger partial charge on any atom is -0.300 e. The van der Waals surface area contributed by atoms with Crippen molar-refractivity contribution in [3.8, 4) is 0 Å². The molecule has 0 aromatic carbocycles. The zero-order chi connectivity index (χ0) is 11.2. The Morgan fingerprint density at radius 3 is 2.21 bits per heavy atom. The van der Waals surface area contributed by atoms with Crippen LogP contribution in [0.4, 0.5) is 0 Å². The molecular formula is C9H20ClNO2S. The van der Waals surface area contributed by atoms with Crippen LogP contribution in [0.1, 0.15) is 20.3 Å². The van der Waals surface area contributed by atoms with Crippen molar-refractivity contribution in [1.82, 2.24) is 4.90 Å². The van der Waals surface area contributed by atoms with E-state index in [0.717, 1.165) is 13.1 Å². The lowest BCUT2D eigenvalue weighted by Crippen LogP contribution is -2.34. The van der Waals surface area contributed by atoms with E-state index >= 15 is 0 Å². The maximum absolute atomic E-state index is 10.9. The molecule has 0 amide bonds. The Morgan fingerprint density at radius 2 is 1.86 bits per heavy atom. The first-order valence-corrected chi connectivity index (χ1v) is 7.44. The van der Waals surface area contributed by atoms with Crippen molar-refractivity contribution in [2.75, 3.05) is 31.0 Å². The predicted molar refractivity (Wildman–Crippen MR) is 61.8 cm³/mol. The fraction of sp³-hybridized carbons (Fsp3) is 1.00. The minimum atomic E-state index is -2.82. The lowest BCUT2D eigenvalue weighted by atomic mass is 10.3. The van der Waals surface area contributed by atoms with Crippen LogP contribution >= 0.6 is 11.6 Å². The lowest BCUT2D eigenvalue weighted by molar-refractivity contribution is 0.236. The number of alkyl halides is 1. The molecule has 3 nitrogen and oxygen atoms in total. The number of nitrogens with zero attached hydrogens (tertiary/aromatic N) is 1. The first-order chi connectivity index (χ1) is 6.37. The summed E-state index contributed by atoms with van der Waals surface area (Å²) in [7, 11) is -2.82. The largest absolute Gasteiger partial charge is 0.300 e. The smallest absolute Gasteiger partial charge is 0.147 e. The van der Waals surface area contributed by atoms with Gasteiger partial charge < -0.3 is 0 Å². The summed E-state index contributed by atoms with van der Waals surface area (Å²) in [4.78, 5) is 2.19. The number of sulfone groups is 1. The predicted octanol–water partition coefficient (Wildman–Crippen LogP) is 1.37. The number of halogens is 1. The van der Waals surface area contributed by atoms with Crippen LogP contribution in [-0.2, 0) is 9.84 Å². The van der Waals surface area contributed by atoms with E-state index in [1.807, 2.05) is 0 Å². The molecule has 0 atom stereocenters. The number of rotatable bonds is 7. The van der Waals surface area contributed by atoms with E-state index in [9.17, 15) is 8.42 Å². The molecule has 0 aromatic rings. The highest BCUT2D eigenvalue weighted by Gasteiger charge is 2.09. The lowest BCUT2D eigenvalue weighted by Gasteiger charge is -2.25. The molecule has 86 valence electrons. The second-order valence-corrected chi connectivity index (χ2v) is 6.44. The third-order valence-corrected chi connectivity index (χ3v) is 3.26. The summed E-state index contributed by atoms with van der Waals surface area (Å²) in [6, 6.07) is 0.424. The number of hydrogen-bond donors (Lipinski definition) is 0. The highest BCUT2D eigenvalue weighted by Crippen LogP contribution is 2.01. The SMILES string of the molecule is CC(C)N(CCCl)CCCS(C)(=O)=O. The maximum atomic E-state index is 10.9. The van der Waals surface area contributed by atoms with Gasteiger partial charge in [0.15, 0.2) is 0 Å². The minimum absolute atomic E-state index is 0.262. The van der Waals surface area contributed by atoms with Crippen LogP contribution in [0.3, 0.4) is 0 Å². The molecule has 14 heavy (non-hydrogen) atoms. The Balaban J connectivity index is 3.83. The molecule has 0 aliphatic carbocycles. The third kappa shape index (κ3) is 7.59. The van der Waals surface area contributed by atoms with Gasteiger partial charge in [0, 0.05) is 24.7 Å². The second kappa shape index (κ2) is 6.64. The molecule has 0 fully saturated rings. The van der Waals surface area contributed by atoms with Crippen LogP contribution in [0, 0.1) is 0 Å². The molecule has 0 saturated carbocycles. The van der Waals surface area contributed by atoms with E-state index in [4.69, 9.17) is 11.6 Å². The highest BCUT2D eigenvalue weighted by atomic mass is 35.5. The first-order valence-electron chi connectivity index (χ1n) is 4.84. The first kappa shape index (κ1) is 14.2. The molecule has 0 spiro atoms. The van der Waals surface area contributed by atoms with Crippen LogP contribution in [-0.4, -0.2) is 50.3 Å².